The lowest BCUT2D eigenvalue weighted by Gasteiger charge is -2.20. The van der Waals surface area contributed by atoms with Gasteiger partial charge < -0.3 is 15.0 Å². The smallest absolute Gasteiger partial charge is 0.163 e. The highest BCUT2D eigenvalue weighted by Crippen LogP contribution is 2.23. The lowest BCUT2D eigenvalue weighted by atomic mass is 10.2. The molecule has 1 aliphatic rings. The summed E-state index contributed by atoms with van der Waals surface area (Å²) in [6.07, 6.45) is 2.50. The second-order valence-corrected chi connectivity index (χ2v) is 7.16. The third-order valence-electron chi connectivity index (χ3n) is 4.93. The van der Waals surface area contributed by atoms with Gasteiger partial charge in [0, 0.05) is 38.4 Å². The van der Waals surface area contributed by atoms with Crippen molar-refractivity contribution in [2.75, 3.05) is 30.4 Å². The molecule has 0 spiro atoms. The van der Waals surface area contributed by atoms with E-state index < -0.39 is 0 Å². The van der Waals surface area contributed by atoms with Crippen LogP contribution in [0.4, 0.5) is 11.6 Å². The summed E-state index contributed by atoms with van der Waals surface area (Å²) in [4.78, 5) is 11.7. The zero-order chi connectivity index (χ0) is 19.2. The van der Waals surface area contributed by atoms with Crippen molar-refractivity contribution in [1.29, 1.82) is 0 Å². The van der Waals surface area contributed by atoms with Crippen molar-refractivity contribution >= 4 is 11.6 Å². The number of ether oxygens (including phenoxy) is 1. The molecule has 1 saturated heterocycles. The molecule has 1 N–H and O–H groups in total. The third kappa shape index (κ3) is 4.67. The van der Waals surface area contributed by atoms with Crippen LogP contribution in [0.2, 0.25) is 0 Å². The molecule has 5 heteroatoms. The first kappa shape index (κ1) is 18.4. The van der Waals surface area contributed by atoms with Gasteiger partial charge in [-0.3, -0.25) is 0 Å². The molecule has 1 atom stereocenters. The van der Waals surface area contributed by atoms with Crippen LogP contribution in [-0.4, -0.2) is 36.3 Å². The first-order valence-corrected chi connectivity index (χ1v) is 9.83. The van der Waals surface area contributed by atoms with E-state index in [2.05, 4.69) is 41.5 Å². The number of benzene rings is 2. The molecule has 28 heavy (non-hydrogen) atoms. The maximum absolute atomic E-state index is 5.73. The van der Waals surface area contributed by atoms with Gasteiger partial charge in [-0.1, -0.05) is 60.7 Å². The predicted molar refractivity (Wildman–Crippen MR) is 113 cm³/mol. The van der Waals surface area contributed by atoms with E-state index >= 15 is 0 Å². The Hall–Kier alpha value is -2.92. The molecule has 4 rings (SSSR count). The zero-order valence-corrected chi connectivity index (χ0v) is 16.2. The number of hydrogen-bond donors (Lipinski definition) is 1. The fourth-order valence-corrected chi connectivity index (χ4v) is 3.40. The van der Waals surface area contributed by atoms with E-state index in [1.165, 1.54) is 5.56 Å². The summed E-state index contributed by atoms with van der Waals surface area (Å²) in [7, 11) is 2.06. The second kappa shape index (κ2) is 8.85. The van der Waals surface area contributed by atoms with Crippen LogP contribution in [0.15, 0.2) is 66.7 Å². The Morgan fingerprint density at radius 3 is 2.50 bits per heavy atom. The number of aromatic nitrogens is 2. The van der Waals surface area contributed by atoms with Crippen LogP contribution in [0.3, 0.4) is 0 Å². The molecule has 0 radical (unpaired) electrons. The summed E-state index contributed by atoms with van der Waals surface area (Å²) in [6.45, 7) is 2.42. The highest BCUT2D eigenvalue weighted by molar-refractivity contribution is 5.61. The maximum atomic E-state index is 5.73. The highest BCUT2D eigenvalue weighted by atomic mass is 16.5. The van der Waals surface area contributed by atoms with Gasteiger partial charge in [-0.15, -0.1) is 0 Å². The van der Waals surface area contributed by atoms with Gasteiger partial charge in [0.1, 0.15) is 11.6 Å². The van der Waals surface area contributed by atoms with Crippen molar-refractivity contribution in [3.05, 3.63) is 72.3 Å². The van der Waals surface area contributed by atoms with Crippen molar-refractivity contribution in [2.45, 2.75) is 25.5 Å². The molecule has 3 aromatic rings. The molecule has 1 unspecified atom stereocenters. The van der Waals surface area contributed by atoms with Crippen LogP contribution in [0, 0.1) is 0 Å². The molecule has 5 nitrogen and oxygen atoms in total. The van der Waals surface area contributed by atoms with E-state index in [1.54, 1.807) is 0 Å². The highest BCUT2D eigenvalue weighted by Gasteiger charge is 2.16. The topological polar surface area (TPSA) is 50.3 Å². The minimum atomic E-state index is 0.264. The van der Waals surface area contributed by atoms with Crippen LogP contribution in [0.5, 0.6) is 0 Å². The van der Waals surface area contributed by atoms with E-state index in [1.807, 2.05) is 42.5 Å². The average Bonchev–Trinajstić information content (AvgIpc) is 3.27. The second-order valence-electron chi connectivity index (χ2n) is 7.16. The Morgan fingerprint density at radius 2 is 1.79 bits per heavy atom. The Morgan fingerprint density at radius 1 is 1.04 bits per heavy atom. The van der Waals surface area contributed by atoms with Crippen molar-refractivity contribution in [2.24, 2.45) is 0 Å². The van der Waals surface area contributed by atoms with Crippen molar-refractivity contribution in [1.82, 2.24) is 9.97 Å². The summed E-state index contributed by atoms with van der Waals surface area (Å²) in [5, 5.41) is 3.45. The first-order valence-electron chi connectivity index (χ1n) is 9.83. The van der Waals surface area contributed by atoms with Gasteiger partial charge in [-0.05, 0) is 18.4 Å². The van der Waals surface area contributed by atoms with E-state index in [4.69, 9.17) is 14.7 Å². The first-order chi connectivity index (χ1) is 13.8. The van der Waals surface area contributed by atoms with Gasteiger partial charge in [0.05, 0.1) is 6.10 Å². The van der Waals surface area contributed by atoms with E-state index in [0.29, 0.717) is 0 Å². The van der Waals surface area contributed by atoms with E-state index in [0.717, 1.165) is 55.6 Å². The normalized spacial score (nSPS) is 16.1. The lowest BCUT2D eigenvalue weighted by molar-refractivity contribution is 0.120. The Balaban J connectivity index is 1.59. The summed E-state index contributed by atoms with van der Waals surface area (Å²) in [5.41, 5.74) is 2.26. The standard InChI is InChI=1S/C23H26N4O/c1-27(17-18-9-4-2-5-10-18)22-15-21(24-16-20-13-8-14-28-20)25-23(26-22)19-11-6-3-7-12-19/h2-7,9-12,15,20H,8,13-14,16-17H2,1H3,(H,24,25,26). The van der Waals surface area contributed by atoms with Crippen molar-refractivity contribution in [3.63, 3.8) is 0 Å². The Kier molecular flexibility index (Phi) is 5.83. The predicted octanol–water partition coefficient (Wildman–Crippen LogP) is 4.37. The molecule has 2 aromatic carbocycles. The van der Waals surface area contributed by atoms with Gasteiger partial charge in [-0.2, -0.15) is 0 Å². The summed E-state index contributed by atoms with van der Waals surface area (Å²) in [5.74, 6) is 2.46. The number of rotatable bonds is 7. The van der Waals surface area contributed by atoms with Crippen LogP contribution < -0.4 is 10.2 Å². The molecule has 0 saturated carbocycles. The Bertz CT molecular complexity index is 880. The van der Waals surface area contributed by atoms with Crippen molar-refractivity contribution < 1.29 is 4.74 Å². The van der Waals surface area contributed by atoms with E-state index in [9.17, 15) is 0 Å². The van der Waals surface area contributed by atoms with Crippen LogP contribution >= 0.6 is 0 Å². The molecule has 0 amide bonds. The lowest BCUT2D eigenvalue weighted by Crippen LogP contribution is -2.21. The largest absolute Gasteiger partial charge is 0.376 e. The molecular weight excluding hydrogens is 348 g/mol. The molecule has 1 fully saturated rings. The Labute approximate surface area is 166 Å². The molecular formula is C23H26N4O. The van der Waals surface area contributed by atoms with Crippen LogP contribution in [0.1, 0.15) is 18.4 Å². The number of nitrogens with zero attached hydrogens (tertiary/aromatic N) is 3. The molecule has 2 heterocycles. The minimum Gasteiger partial charge on any atom is -0.376 e. The van der Waals surface area contributed by atoms with Gasteiger partial charge in [0.25, 0.3) is 0 Å². The quantitative estimate of drug-likeness (QED) is 0.665. The summed E-state index contributed by atoms with van der Waals surface area (Å²) >= 11 is 0. The number of anilines is 2. The van der Waals surface area contributed by atoms with Gasteiger partial charge in [-0.25, -0.2) is 9.97 Å². The summed E-state index contributed by atoms with van der Waals surface area (Å²) in [6, 6.07) is 22.6. The number of nitrogens with one attached hydrogen (secondary N) is 1. The van der Waals surface area contributed by atoms with Crippen LogP contribution in [0.25, 0.3) is 11.4 Å². The van der Waals surface area contributed by atoms with Gasteiger partial charge >= 0.3 is 0 Å². The molecule has 144 valence electrons. The summed E-state index contributed by atoms with van der Waals surface area (Å²) < 4.78 is 5.73. The molecule has 0 bridgehead atoms. The number of hydrogen-bond acceptors (Lipinski definition) is 5. The average molecular weight is 374 g/mol. The molecule has 1 aromatic heterocycles. The fourth-order valence-electron chi connectivity index (χ4n) is 3.40. The SMILES string of the molecule is CN(Cc1ccccc1)c1cc(NCC2CCCO2)nc(-c2ccccc2)n1. The van der Waals surface area contributed by atoms with Gasteiger partial charge in [0.15, 0.2) is 5.82 Å². The van der Waals surface area contributed by atoms with Gasteiger partial charge in [0.2, 0.25) is 0 Å². The molecule has 0 aliphatic carbocycles. The molecule has 1 aliphatic heterocycles. The van der Waals surface area contributed by atoms with E-state index in [-0.39, 0.29) is 6.10 Å². The zero-order valence-electron chi connectivity index (χ0n) is 16.2. The minimum absolute atomic E-state index is 0.264. The fraction of sp³-hybridized carbons (Fsp3) is 0.304. The maximum Gasteiger partial charge on any atom is 0.163 e. The van der Waals surface area contributed by atoms with Crippen LogP contribution in [-0.2, 0) is 11.3 Å². The van der Waals surface area contributed by atoms with Crippen molar-refractivity contribution in [3.8, 4) is 11.4 Å². The third-order valence-corrected chi connectivity index (χ3v) is 4.93. The monoisotopic (exact) mass is 374 g/mol.